The Morgan fingerprint density at radius 3 is 2.67 bits per heavy atom. The summed E-state index contributed by atoms with van der Waals surface area (Å²) in [4.78, 5) is 2.20. The highest BCUT2D eigenvalue weighted by Crippen LogP contribution is 2.27. The largest absolute Gasteiger partial charge is 0.329 e. The number of nitriles is 1. The average molecular weight is 344 g/mol. The first-order valence-corrected chi connectivity index (χ1v) is 7.58. The summed E-state index contributed by atoms with van der Waals surface area (Å²) in [6, 6.07) is 18.1. The van der Waals surface area contributed by atoms with Crippen molar-refractivity contribution in [1.29, 1.82) is 5.26 Å². The second-order valence-electron chi connectivity index (χ2n) is 5.00. The van der Waals surface area contributed by atoms with Crippen molar-refractivity contribution in [3.05, 3.63) is 69.7 Å². The van der Waals surface area contributed by atoms with Crippen LogP contribution < -0.4 is 5.73 Å². The lowest BCUT2D eigenvalue weighted by Gasteiger charge is -2.28. The molecule has 2 aromatic carbocycles. The molecule has 0 fully saturated rings. The maximum Gasteiger partial charge on any atom is 0.0991 e. The van der Waals surface area contributed by atoms with E-state index in [2.05, 4.69) is 40.0 Å². The van der Waals surface area contributed by atoms with Crippen LogP contribution in [-0.2, 0) is 6.54 Å². The fourth-order valence-electron chi connectivity index (χ4n) is 2.43. The van der Waals surface area contributed by atoms with Gasteiger partial charge in [-0.25, -0.2) is 0 Å². The molecule has 0 aliphatic rings. The Hall–Kier alpha value is -1.67. The summed E-state index contributed by atoms with van der Waals surface area (Å²) in [5, 5.41) is 8.98. The molecule has 0 saturated carbocycles. The SMILES string of the molecule is CN(Cc1cccc(C#N)c1)C(CN)c1ccccc1Br. The molecule has 0 aliphatic heterocycles. The van der Waals surface area contributed by atoms with Gasteiger partial charge in [0, 0.05) is 23.6 Å². The molecule has 1 unspecified atom stereocenters. The maximum absolute atomic E-state index is 8.98. The standard InChI is InChI=1S/C17H18BrN3/c1-21(12-14-6-4-5-13(9-14)10-19)17(11-20)15-7-2-3-8-16(15)18/h2-9,17H,11-12,20H2,1H3. The van der Waals surface area contributed by atoms with Crippen molar-refractivity contribution >= 4 is 15.9 Å². The van der Waals surface area contributed by atoms with E-state index in [0.717, 1.165) is 16.6 Å². The Kier molecular flexibility index (Phi) is 5.51. The van der Waals surface area contributed by atoms with E-state index in [9.17, 15) is 0 Å². The van der Waals surface area contributed by atoms with E-state index in [1.54, 1.807) is 0 Å². The minimum Gasteiger partial charge on any atom is -0.329 e. The van der Waals surface area contributed by atoms with Crippen molar-refractivity contribution in [2.24, 2.45) is 5.73 Å². The van der Waals surface area contributed by atoms with Gasteiger partial charge in [-0.2, -0.15) is 5.26 Å². The van der Waals surface area contributed by atoms with Gasteiger partial charge in [-0.1, -0.05) is 46.3 Å². The Balaban J connectivity index is 2.19. The maximum atomic E-state index is 8.98. The highest BCUT2D eigenvalue weighted by molar-refractivity contribution is 9.10. The van der Waals surface area contributed by atoms with Gasteiger partial charge in [0.2, 0.25) is 0 Å². The highest BCUT2D eigenvalue weighted by atomic mass is 79.9. The normalized spacial score (nSPS) is 12.1. The van der Waals surface area contributed by atoms with Crippen molar-refractivity contribution in [3.63, 3.8) is 0 Å². The van der Waals surface area contributed by atoms with Crippen LogP contribution in [0.4, 0.5) is 0 Å². The van der Waals surface area contributed by atoms with E-state index in [4.69, 9.17) is 11.0 Å². The van der Waals surface area contributed by atoms with E-state index in [1.165, 1.54) is 5.56 Å². The first-order valence-electron chi connectivity index (χ1n) is 6.79. The number of hydrogen-bond donors (Lipinski definition) is 1. The van der Waals surface area contributed by atoms with Gasteiger partial charge in [0.1, 0.15) is 0 Å². The number of nitrogens with two attached hydrogens (primary N) is 1. The van der Waals surface area contributed by atoms with E-state index >= 15 is 0 Å². The van der Waals surface area contributed by atoms with Crippen LogP contribution in [0.1, 0.15) is 22.7 Å². The van der Waals surface area contributed by atoms with Crippen LogP contribution in [0.25, 0.3) is 0 Å². The molecule has 21 heavy (non-hydrogen) atoms. The summed E-state index contributed by atoms with van der Waals surface area (Å²) >= 11 is 3.59. The van der Waals surface area contributed by atoms with Crippen molar-refractivity contribution in [2.75, 3.05) is 13.6 Å². The van der Waals surface area contributed by atoms with Gasteiger partial charge in [0.05, 0.1) is 11.6 Å². The quantitative estimate of drug-likeness (QED) is 0.904. The molecule has 3 nitrogen and oxygen atoms in total. The zero-order valence-electron chi connectivity index (χ0n) is 12.0. The molecular formula is C17H18BrN3. The first kappa shape index (κ1) is 15.7. The van der Waals surface area contributed by atoms with E-state index in [1.807, 2.05) is 42.5 Å². The second kappa shape index (κ2) is 7.37. The van der Waals surface area contributed by atoms with Gasteiger partial charge < -0.3 is 5.73 Å². The van der Waals surface area contributed by atoms with Crippen molar-refractivity contribution < 1.29 is 0 Å². The third-order valence-corrected chi connectivity index (χ3v) is 4.23. The van der Waals surface area contributed by atoms with Crippen LogP contribution in [0.15, 0.2) is 53.0 Å². The smallest absolute Gasteiger partial charge is 0.0991 e. The Morgan fingerprint density at radius 1 is 1.24 bits per heavy atom. The molecule has 2 N–H and O–H groups in total. The summed E-state index contributed by atoms with van der Waals surface area (Å²) in [6.07, 6.45) is 0. The average Bonchev–Trinajstić information content (AvgIpc) is 2.50. The summed E-state index contributed by atoms with van der Waals surface area (Å²) in [5.41, 5.74) is 8.95. The van der Waals surface area contributed by atoms with Crippen LogP contribution in [0.3, 0.4) is 0 Å². The minimum absolute atomic E-state index is 0.131. The molecule has 1 atom stereocenters. The van der Waals surface area contributed by atoms with E-state index in [-0.39, 0.29) is 6.04 Å². The molecule has 0 heterocycles. The van der Waals surface area contributed by atoms with Crippen molar-refractivity contribution in [3.8, 4) is 6.07 Å². The fraction of sp³-hybridized carbons (Fsp3) is 0.235. The molecule has 0 aliphatic carbocycles. The van der Waals surface area contributed by atoms with Crippen LogP contribution in [0.5, 0.6) is 0 Å². The predicted molar refractivity (Wildman–Crippen MR) is 88.6 cm³/mol. The molecule has 0 bridgehead atoms. The van der Waals surface area contributed by atoms with Gasteiger partial charge in [0.15, 0.2) is 0 Å². The molecule has 4 heteroatoms. The molecule has 0 spiro atoms. The molecule has 108 valence electrons. The van der Waals surface area contributed by atoms with Crippen molar-refractivity contribution in [1.82, 2.24) is 4.90 Å². The van der Waals surface area contributed by atoms with Crippen LogP contribution >= 0.6 is 15.9 Å². The van der Waals surface area contributed by atoms with Crippen LogP contribution in [-0.4, -0.2) is 18.5 Å². The molecule has 2 rings (SSSR count). The lowest BCUT2D eigenvalue weighted by molar-refractivity contribution is 0.241. The third kappa shape index (κ3) is 3.92. The topological polar surface area (TPSA) is 53.0 Å². The number of rotatable bonds is 5. The van der Waals surface area contributed by atoms with E-state index in [0.29, 0.717) is 12.1 Å². The van der Waals surface area contributed by atoms with Crippen LogP contribution in [0.2, 0.25) is 0 Å². The fourth-order valence-corrected chi connectivity index (χ4v) is 2.98. The lowest BCUT2D eigenvalue weighted by Crippen LogP contribution is -2.30. The lowest BCUT2D eigenvalue weighted by atomic mass is 10.0. The monoisotopic (exact) mass is 343 g/mol. The number of nitrogens with zero attached hydrogens (tertiary/aromatic N) is 2. The number of benzene rings is 2. The zero-order valence-corrected chi connectivity index (χ0v) is 13.5. The molecule has 2 aromatic rings. The zero-order chi connectivity index (χ0) is 15.2. The third-order valence-electron chi connectivity index (χ3n) is 3.51. The predicted octanol–water partition coefficient (Wildman–Crippen LogP) is 3.45. The summed E-state index contributed by atoms with van der Waals surface area (Å²) < 4.78 is 1.07. The molecule has 0 saturated heterocycles. The van der Waals surface area contributed by atoms with Gasteiger partial charge in [-0.3, -0.25) is 4.90 Å². The molecule has 0 radical (unpaired) electrons. The van der Waals surface area contributed by atoms with Gasteiger partial charge >= 0.3 is 0 Å². The minimum atomic E-state index is 0.131. The van der Waals surface area contributed by atoms with Gasteiger partial charge in [0.25, 0.3) is 0 Å². The van der Waals surface area contributed by atoms with E-state index < -0.39 is 0 Å². The summed E-state index contributed by atoms with van der Waals surface area (Å²) in [5.74, 6) is 0. The summed E-state index contributed by atoms with van der Waals surface area (Å²) in [7, 11) is 2.05. The highest BCUT2D eigenvalue weighted by Gasteiger charge is 2.17. The Morgan fingerprint density at radius 2 is 2.00 bits per heavy atom. The van der Waals surface area contributed by atoms with Crippen molar-refractivity contribution in [2.45, 2.75) is 12.6 Å². The molecular weight excluding hydrogens is 326 g/mol. The second-order valence-corrected chi connectivity index (χ2v) is 5.85. The first-order chi connectivity index (χ1) is 10.2. The van der Waals surface area contributed by atoms with Crippen LogP contribution in [0, 0.1) is 11.3 Å². The number of halogens is 1. The number of hydrogen-bond acceptors (Lipinski definition) is 3. The molecule has 0 aromatic heterocycles. The summed E-state index contributed by atoms with van der Waals surface area (Å²) in [6.45, 7) is 1.29. The molecule has 0 amide bonds. The number of likely N-dealkylation sites (N-methyl/N-ethyl adjacent to an activating group) is 1. The van der Waals surface area contributed by atoms with Gasteiger partial charge in [-0.05, 0) is 36.4 Å². The Labute approximate surface area is 134 Å². The Bertz CT molecular complexity index is 648. The van der Waals surface area contributed by atoms with Gasteiger partial charge in [-0.15, -0.1) is 0 Å².